The highest BCUT2D eigenvalue weighted by atomic mass is 16.5. The molecule has 1 atom stereocenters. The van der Waals surface area contributed by atoms with Crippen LogP contribution in [0.4, 0.5) is 0 Å². The molecular formula is C11H24O. The van der Waals surface area contributed by atoms with E-state index in [1.807, 2.05) is 7.11 Å². The van der Waals surface area contributed by atoms with Gasteiger partial charge >= 0.3 is 0 Å². The third kappa shape index (κ3) is 6.66. The Morgan fingerprint density at radius 1 is 1.08 bits per heavy atom. The number of methoxy groups -OCH3 is 1. The topological polar surface area (TPSA) is 9.23 Å². The highest BCUT2D eigenvalue weighted by Crippen LogP contribution is 2.13. The summed E-state index contributed by atoms with van der Waals surface area (Å²) in [5.41, 5.74) is 0. The minimum atomic E-state index is 0.508. The average Bonchev–Trinajstić information content (AvgIpc) is 2.02. The zero-order chi connectivity index (χ0) is 9.40. The van der Waals surface area contributed by atoms with Gasteiger partial charge in [0.2, 0.25) is 0 Å². The lowest BCUT2D eigenvalue weighted by molar-refractivity contribution is 0.0843. The van der Waals surface area contributed by atoms with E-state index >= 15 is 0 Å². The van der Waals surface area contributed by atoms with Crippen LogP contribution in [0.25, 0.3) is 0 Å². The van der Waals surface area contributed by atoms with E-state index in [1.165, 1.54) is 32.1 Å². The Bertz CT molecular complexity index is 89.0. The average molecular weight is 172 g/mol. The van der Waals surface area contributed by atoms with Crippen LogP contribution in [0.2, 0.25) is 0 Å². The van der Waals surface area contributed by atoms with Crippen molar-refractivity contribution in [1.29, 1.82) is 0 Å². The molecule has 0 fully saturated rings. The Kier molecular flexibility index (Phi) is 7.58. The number of hydrogen-bond donors (Lipinski definition) is 0. The van der Waals surface area contributed by atoms with Crippen molar-refractivity contribution in [3.63, 3.8) is 0 Å². The molecule has 0 amide bonds. The van der Waals surface area contributed by atoms with E-state index in [4.69, 9.17) is 4.74 Å². The van der Waals surface area contributed by atoms with Crippen LogP contribution in [0, 0.1) is 5.92 Å². The van der Waals surface area contributed by atoms with Gasteiger partial charge < -0.3 is 4.74 Å². The van der Waals surface area contributed by atoms with Gasteiger partial charge in [-0.25, -0.2) is 0 Å². The lowest BCUT2D eigenvalue weighted by atomic mass is 10.0. The molecule has 12 heavy (non-hydrogen) atoms. The molecule has 1 nitrogen and oxygen atoms in total. The Labute approximate surface area is 77.5 Å². The Morgan fingerprint density at radius 3 is 2.17 bits per heavy atom. The van der Waals surface area contributed by atoms with Gasteiger partial charge in [0, 0.05) is 7.11 Å². The van der Waals surface area contributed by atoms with Crippen molar-refractivity contribution in [2.24, 2.45) is 5.92 Å². The molecule has 0 aliphatic rings. The van der Waals surface area contributed by atoms with Crippen LogP contribution < -0.4 is 0 Å². The predicted molar refractivity (Wildman–Crippen MR) is 54.4 cm³/mol. The first-order valence-electron chi connectivity index (χ1n) is 5.23. The maximum absolute atomic E-state index is 5.37. The van der Waals surface area contributed by atoms with Crippen LogP contribution in [0.5, 0.6) is 0 Å². The molecule has 1 heteroatoms. The summed E-state index contributed by atoms with van der Waals surface area (Å²) < 4.78 is 5.37. The maximum Gasteiger partial charge on any atom is 0.0571 e. The van der Waals surface area contributed by atoms with Gasteiger partial charge in [-0.15, -0.1) is 0 Å². The normalized spacial score (nSPS) is 13.8. The fraction of sp³-hybridized carbons (Fsp3) is 1.00. The molecule has 1 unspecified atom stereocenters. The first-order valence-corrected chi connectivity index (χ1v) is 5.23. The smallest absolute Gasteiger partial charge is 0.0571 e. The van der Waals surface area contributed by atoms with Crippen molar-refractivity contribution in [3.05, 3.63) is 0 Å². The predicted octanol–water partition coefficient (Wildman–Crippen LogP) is 3.63. The van der Waals surface area contributed by atoms with E-state index < -0.39 is 0 Å². The molecule has 0 saturated heterocycles. The van der Waals surface area contributed by atoms with E-state index in [0.717, 1.165) is 5.92 Å². The van der Waals surface area contributed by atoms with Crippen LogP contribution in [0.3, 0.4) is 0 Å². The molecule has 0 N–H and O–H groups in total. The molecule has 0 rings (SSSR count). The van der Waals surface area contributed by atoms with Gasteiger partial charge in [-0.2, -0.15) is 0 Å². The Hall–Kier alpha value is -0.0400. The summed E-state index contributed by atoms with van der Waals surface area (Å²) >= 11 is 0. The lowest BCUT2D eigenvalue weighted by Gasteiger charge is -2.14. The summed E-state index contributed by atoms with van der Waals surface area (Å²) in [6.45, 7) is 6.78. The molecule has 0 aliphatic carbocycles. The molecule has 0 saturated carbocycles. The van der Waals surface area contributed by atoms with E-state index in [9.17, 15) is 0 Å². The van der Waals surface area contributed by atoms with Gasteiger partial charge in [-0.05, 0) is 18.8 Å². The molecule has 0 radical (unpaired) electrons. The molecule has 74 valence electrons. The molecular weight excluding hydrogens is 148 g/mol. The monoisotopic (exact) mass is 172 g/mol. The summed E-state index contributed by atoms with van der Waals surface area (Å²) in [6, 6.07) is 0. The van der Waals surface area contributed by atoms with Gasteiger partial charge in [-0.3, -0.25) is 0 Å². The van der Waals surface area contributed by atoms with Crippen LogP contribution >= 0.6 is 0 Å². The van der Waals surface area contributed by atoms with E-state index in [-0.39, 0.29) is 0 Å². The van der Waals surface area contributed by atoms with Crippen LogP contribution in [-0.4, -0.2) is 13.2 Å². The summed E-state index contributed by atoms with van der Waals surface area (Å²) in [7, 11) is 1.83. The van der Waals surface area contributed by atoms with Crippen molar-refractivity contribution in [2.45, 2.75) is 59.0 Å². The van der Waals surface area contributed by atoms with E-state index in [2.05, 4.69) is 20.8 Å². The third-order valence-electron chi connectivity index (χ3n) is 2.25. The van der Waals surface area contributed by atoms with Crippen molar-refractivity contribution in [1.82, 2.24) is 0 Å². The molecule has 0 bridgehead atoms. The minimum absolute atomic E-state index is 0.508. The molecule has 0 spiro atoms. The third-order valence-corrected chi connectivity index (χ3v) is 2.25. The van der Waals surface area contributed by atoms with Crippen LogP contribution in [0.15, 0.2) is 0 Å². The van der Waals surface area contributed by atoms with Gasteiger partial charge in [0.15, 0.2) is 0 Å². The Balaban J connectivity index is 3.31. The lowest BCUT2D eigenvalue weighted by Crippen LogP contribution is -2.10. The fourth-order valence-electron chi connectivity index (χ4n) is 1.46. The summed E-state index contributed by atoms with van der Waals surface area (Å²) in [6.07, 6.45) is 6.85. The second-order valence-corrected chi connectivity index (χ2v) is 3.97. The SMILES string of the molecule is CCCC(CCCC(C)C)OC. The molecule has 0 aliphatic heterocycles. The van der Waals surface area contributed by atoms with Crippen molar-refractivity contribution in [3.8, 4) is 0 Å². The zero-order valence-electron chi connectivity index (χ0n) is 9.10. The molecule has 0 aromatic heterocycles. The van der Waals surface area contributed by atoms with Crippen LogP contribution in [-0.2, 0) is 4.74 Å². The first-order chi connectivity index (χ1) is 5.70. The quantitative estimate of drug-likeness (QED) is 0.570. The van der Waals surface area contributed by atoms with Crippen molar-refractivity contribution >= 4 is 0 Å². The summed E-state index contributed by atoms with van der Waals surface area (Å²) in [5, 5.41) is 0. The molecule has 0 aromatic carbocycles. The second kappa shape index (κ2) is 7.60. The van der Waals surface area contributed by atoms with Crippen molar-refractivity contribution < 1.29 is 4.74 Å². The highest BCUT2D eigenvalue weighted by molar-refractivity contribution is 4.57. The summed E-state index contributed by atoms with van der Waals surface area (Å²) in [4.78, 5) is 0. The zero-order valence-corrected chi connectivity index (χ0v) is 9.10. The molecule has 0 heterocycles. The van der Waals surface area contributed by atoms with Crippen molar-refractivity contribution in [2.75, 3.05) is 7.11 Å². The van der Waals surface area contributed by atoms with Gasteiger partial charge in [0.05, 0.1) is 6.10 Å². The minimum Gasteiger partial charge on any atom is -0.381 e. The Morgan fingerprint density at radius 2 is 1.75 bits per heavy atom. The van der Waals surface area contributed by atoms with Gasteiger partial charge in [-0.1, -0.05) is 40.0 Å². The van der Waals surface area contributed by atoms with Crippen LogP contribution in [0.1, 0.15) is 52.9 Å². The van der Waals surface area contributed by atoms with E-state index in [1.54, 1.807) is 0 Å². The number of ether oxygens (including phenoxy) is 1. The largest absolute Gasteiger partial charge is 0.381 e. The second-order valence-electron chi connectivity index (χ2n) is 3.97. The number of rotatable bonds is 7. The molecule has 0 aromatic rings. The van der Waals surface area contributed by atoms with Gasteiger partial charge in [0.1, 0.15) is 0 Å². The van der Waals surface area contributed by atoms with Gasteiger partial charge in [0.25, 0.3) is 0 Å². The fourth-order valence-corrected chi connectivity index (χ4v) is 1.46. The standard InChI is InChI=1S/C11H24O/c1-5-7-11(12-4)9-6-8-10(2)3/h10-11H,5-9H2,1-4H3. The first kappa shape index (κ1) is 12.0. The maximum atomic E-state index is 5.37. The number of hydrogen-bond acceptors (Lipinski definition) is 1. The highest BCUT2D eigenvalue weighted by Gasteiger charge is 2.05. The van der Waals surface area contributed by atoms with E-state index in [0.29, 0.717) is 6.10 Å². The summed E-state index contributed by atoms with van der Waals surface area (Å²) in [5.74, 6) is 0.837.